The molecule has 120 valence electrons. The van der Waals surface area contributed by atoms with E-state index in [1.54, 1.807) is 0 Å². The molecule has 2 heterocycles. The summed E-state index contributed by atoms with van der Waals surface area (Å²) in [5, 5.41) is 0. The molecule has 0 radical (unpaired) electrons. The zero-order chi connectivity index (χ0) is 15.6. The van der Waals surface area contributed by atoms with Gasteiger partial charge in [0, 0.05) is 25.1 Å². The highest BCUT2D eigenvalue weighted by molar-refractivity contribution is 5.80. The fourth-order valence-corrected chi connectivity index (χ4v) is 3.65. The second-order valence-electron chi connectivity index (χ2n) is 6.19. The van der Waals surface area contributed by atoms with E-state index >= 15 is 0 Å². The van der Waals surface area contributed by atoms with Gasteiger partial charge in [-0.05, 0) is 24.8 Å². The molecule has 0 spiro atoms. The predicted octanol–water partition coefficient (Wildman–Crippen LogP) is 3.02. The third-order valence-electron chi connectivity index (χ3n) is 4.75. The molecule has 0 unspecified atom stereocenters. The lowest BCUT2D eigenvalue weighted by atomic mass is 9.91. The number of nitrogens with zero attached hydrogens (tertiary/aromatic N) is 1. The molecule has 23 heavy (non-hydrogen) atoms. The standard InChI is InChI=1S/C19H21NO3/c21-19-17(14-6-2-1-3-7-14)18(20-10-12-22-13-11-20)15-8-4-5-9-16(15)23-19/h1-3,6-7H,4-5,8-13H2. The van der Waals surface area contributed by atoms with Crippen LogP contribution in [0.2, 0.25) is 0 Å². The summed E-state index contributed by atoms with van der Waals surface area (Å²) in [5.74, 6) is 0.891. The molecular weight excluding hydrogens is 290 g/mol. The van der Waals surface area contributed by atoms with Gasteiger partial charge in [0.25, 0.3) is 0 Å². The van der Waals surface area contributed by atoms with Gasteiger partial charge in [-0.15, -0.1) is 0 Å². The van der Waals surface area contributed by atoms with Crippen molar-refractivity contribution in [3.63, 3.8) is 0 Å². The van der Waals surface area contributed by atoms with E-state index in [9.17, 15) is 4.79 Å². The van der Waals surface area contributed by atoms with Crippen LogP contribution in [-0.4, -0.2) is 26.3 Å². The summed E-state index contributed by atoms with van der Waals surface area (Å²) in [6, 6.07) is 9.89. The van der Waals surface area contributed by atoms with Crippen molar-refractivity contribution in [3.8, 4) is 11.1 Å². The van der Waals surface area contributed by atoms with Gasteiger partial charge in [0.2, 0.25) is 0 Å². The maximum absolute atomic E-state index is 12.7. The fraction of sp³-hybridized carbons (Fsp3) is 0.421. The Kier molecular flexibility index (Phi) is 3.92. The maximum Gasteiger partial charge on any atom is 0.345 e. The molecule has 0 amide bonds. The number of rotatable bonds is 2. The van der Waals surface area contributed by atoms with E-state index in [1.165, 1.54) is 5.56 Å². The van der Waals surface area contributed by atoms with E-state index in [2.05, 4.69) is 4.90 Å². The SMILES string of the molecule is O=c1oc2c(c(N3CCOCC3)c1-c1ccccc1)CCCC2. The Morgan fingerprint density at radius 3 is 2.48 bits per heavy atom. The molecule has 4 rings (SSSR count). The van der Waals surface area contributed by atoms with Crippen LogP contribution in [0.4, 0.5) is 5.69 Å². The second kappa shape index (κ2) is 6.20. The molecule has 2 aromatic rings. The van der Waals surface area contributed by atoms with Gasteiger partial charge in [-0.2, -0.15) is 0 Å². The Labute approximate surface area is 135 Å². The van der Waals surface area contributed by atoms with Gasteiger partial charge in [0.1, 0.15) is 5.76 Å². The number of anilines is 1. The number of fused-ring (bicyclic) bond motifs is 1. The Morgan fingerprint density at radius 1 is 0.957 bits per heavy atom. The van der Waals surface area contributed by atoms with Crippen LogP contribution in [0.3, 0.4) is 0 Å². The van der Waals surface area contributed by atoms with Gasteiger partial charge in [-0.3, -0.25) is 0 Å². The average Bonchev–Trinajstić information content (AvgIpc) is 2.62. The number of hydrogen-bond donors (Lipinski definition) is 0. The Bertz CT molecular complexity index is 745. The highest BCUT2D eigenvalue weighted by Crippen LogP contribution is 2.37. The third-order valence-corrected chi connectivity index (χ3v) is 4.75. The van der Waals surface area contributed by atoms with Crippen molar-refractivity contribution < 1.29 is 9.15 Å². The van der Waals surface area contributed by atoms with Gasteiger partial charge in [-0.1, -0.05) is 30.3 Å². The predicted molar refractivity (Wildman–Crippen MR) is 90.1 cm³/mol. The van der Waals surface area contributed by atoms with Crippen molar-refractivity contribution in [1.29, 1.82) is 0 Å². The summed E-state index contributed by atoms with van der Waals surface area (Å²) < 4.78 is 11.2. The van der Waals surface area contributed by atoms with E-state index in [0.717, 1.165) is 55.8 Å². The molecule has 0 saturated carbocycles. The van der Waals surface area contributed by atoms with Crippen molar-refractivity contribution in [2.75, 3.05) is 31.2 Å². The molecule has 1 aromatic heterocycles. The van der Waals surface area contributed by atoms with Crippen LogP contribution in [0.1, 0.15) is 24.2 Å². The number of aryl methyl sites for hydroxylation is 1. The molecule has 0 N–H and O–H groups in total. The molecule has 0 atom stereocenters. The van der Waals surface area contributed by atoms with Gasteiger partial charge >= 0.3 is 5.63 Å². The van der Waals surface area contributed by atoms with Crippen molar-refractivity contribution in [1.82, 2.24) is 0 Å². The summed E-state index contributed by atoms with van der Waals surface area (Å²) in [6.07, 6.45) is 4.12. The van der Waals surface area contributed by atoms with Crippen LogP contribution in [0.25, 0.3) is 11.1 Å². The zero-order valence-electron chi connectivity index (χ0n) is 13.2. The molecule has 4 nitrogen and oxygen atoms in total. The highest BCUT2D eigenvalue weighted by Gasteiger charge is 2.27. The van der Waals surface area contributed by atoms with Gasteiger partial charge in [-0.25, -0.2) is 4.79 Å². The minimum atomic E-state index is -0.210. The Hall–Kier alpha value is -2.07. The van der Waals surface area contributed by atoms with Crippen LogP contribution < -0.4 is 10.5 Å². The molecule has 0 bridgehead atoms. The van der Waals surface area contributed by atoms with Crippen LogP contribution in [0, 0.1) is 0 Å². The van der Waals surface area contributed by atoms with Crippen LogP contribution >= 0.6 is 0 Å². The summed E-state index contributed by atoms with van der Waals surface area (Å²) in [7, 11) is 0. The van der Waals surface area contributed by atoms with Gasteiger partial charge < -0.3 is 14.1 Å². The first-order valence-corrected chi connectivity index (χ1v) is 8.41. The first-order valence-electron chi connectivity index (χ1n) is 8.41. The first kappa shape index (κ1) is 14.5. The minimum Gasteiger partial charge on any atom is -0.427 e. The van der Waals surface area contributed by atoms with Crippen LogP contribution in [-0.2, 0) is 17.6 Å². The van der Waals surface area contributed by atoms with Crippen molar-refractivity contribution in [2.45, 2.75) is 25.7 Å². The molecule has 1 aromatic carbocycles. The largest absolute Gasteiger partial charge is 0.427 e. The smallest absolute Gasteiger partial charge is 0.345 e. The van der Waals surface area contributed by atoms with Gasteiger partial charge in [0.15, 0.2) is 0 Å². The average molecular weight is 311 g/mol. The van der Waals surface area contributed by atoms with E-state index < -0.39 is 0 Å². The highest BCUT2D eigenvalue weighted by atomic mass is 16.5. The zero-order valence-corrected chi connectivity index (χ0v) is 13.2. The summed E-state index contributed by atoms with van der Waals surface area (Å²) >= 11 is 0. The molecular formula is C19H21NO3. The third kappa shape index (κ3) is 2.68. The number of benzene rings is 1. The normalized spacial score (nSPS) is 17.8. The van der Waals surface area contributed by atoms with Crippen LogP contribution in [0.5, 0.6) is 0 Å². The quantitative estimate of drug-likeness (QED) is 0.855. The monoisotopic (exact) mass is 311 g/mol. The number of morpholine rings is 1. The van der Waals surface area contributed by atoms with Gasteiger partial charge in [0.05, 0.1) is 24.5 Å². The number of hydrogen-bond acceptors (Lipinski definition) is 4. The van der Waals surface area contributed by atoms with Crippen molar-refractivity contribution in [2.24, 2.45) is 0 Å². The Balaban J connectivity index is 1.94. The summed E-state index contributed by atoms with van der Waals surface area (Å²) in [5.41, 5.74) is 3.77. The van der Waals surface area contributed by atoms with Crippen LogP contribution in [0.15, 0.2) is 39.5 Å². The maximum atomic E-state index is 12.7. The number of ether oxygens (including phenoxy) is 1. The van der Waals surface area contributed by atoms with E-state index in [-0.39, 0.29) is 5.63 Å². The molecule has 1 fully saturated rings. The van der Waals surface area contributed by atoms with Crippen molar-refractivity contribution >= 4 is 5.69 Å². The molecule has 4 heteroatoms. The molecule has 1 aliphatic heterocycles. The molecule has 1 saturated heterocycles. The fourth-order valence-electron chi connectivity index (χ4n) is 3.65. The molecule has 1 aliphatic carbocycles. The lowest BCUT2D eigenvalue weighted by Crippen LogP contribution is -2.38. The second-order valence-corrected chi connectivity index (χ2v) is 6.19. The minimum absolute atomic E-state index is 0.210. The summed E-state index contributed by atoms with van der Waals surface area (Å²) in [6.45, 7) is 3.08. The van der Waals surface area contributed by atoms with E-state index in [4.69, 9.17) is 9.15 Å². The Morgan fingerprint density at radius 2 is 1.70 bits per heavy atom. The van der Waals surface area contributed by atoms with Crippen molar-refractivity contribution in [3.05, 3.63) is 52.1 Å². The first-order chi connectivity index (χ1) is 11.3. The van der Waals surface area contributed by atoms with E-state index in [0.29, 0.717) is 18.8 Å². The lowest BCUT2D eigenvalue weighted by Gasteiger charge is -2.33. The topological polar surface area (TPSA) is 42.7 Å². The van der Waals surface area contributed by atoms with E-state index in [1.807, 2.05) is 30.3 Å². The summed E-state index contributed by atoms with van der Waals surface area (Å²) in [4.78, 5) is 15.0. The lowest BCUT2D eigenvalue weighted by molar-refractivity contribution is 0.122. The molecule has 2 aliphatic rings.